The highest BCUT2D eigenvalue weighted by atomic mass is 28.4. The van der Waals surface area contributed by atoms with Crippen molar-refractivity contribution in [2.24, 2.45) is 5.92 Å². The van der Waals surface area contributed by atoms with Crippen LogP contribution in [0.3, 0.4) is 0 Å². The molecule has 1 fully saturated rings. The van der Waals surface area contributed by atoms with Gasteiger partial charge in [-0.3, -0.25) is 0 Å². The average Bonchev–Trinajstić information content (AvgIpc) is 2.57. The van der Waals surface area contributed by atoms with Crippen molar-refractivity contribution in [2.45, 2.75) is 90.5 Å². The second-order valence-electron chi connectivity index (χ2n) is 8.50. The van der Waals surface area contributed by atoms with Crippen LogP contribution in [0.2, 0.25) is 15.6 Å². The van der Waals surface area contributed by atoms with Crippen LogP contribution >= 0.6 is 0 Å². The summed E-state index contributed by atoms with van der Waals surface area (Å²) in [7, 11) is -1.88. The topological polar surface area (TPSA) is 9.23 Å². The molecular formula is C17H34OSi. The molecule has 1 heterocycles. The van der Waals surface area contributed by atoms with E-state index in [4.69, 9.17) is 4.43 Å². The zero-order valence-corrected chi connectivity index (χ0v) is 15.5. The summed E-state index contributed by atoms with van der Waals surface area (Å²) in [6.45, 7) is 21.3. The Kier molecular flexibility index (Phi) is 4.79. The van der Waals surface area contributed by atoms with Crippen LogP contribution in [0, 0.1) is 5.92 Å². The summed E-state index contributed by atoms with van der Waals surface area (Å²) in [6.07, 6.45) is 5.96. The molecule has 1 saturated heterocycles. The van der Waals surface area contributed by atoms with Gasteiger partial charge in [0.1, 0.15) is 0 Å². The Balaban J connectivity index is 3.34. The van der Waals surface area contributed by atoms with Gasteiger partial charge in [0, 0.05) is 0 Å². The summed E-state index contributed by atoms with van der Waals surface area (Å²) in [6, 6.07) is 0. The normalized spacial score (nSPS) is 28.5. The molecule has 0 aromatic heterocycles. The molecule has 0 aromatic rings. The molecule has 0 aliphatic carbocycles. The molecule has 1 nitrogen and oxygen atoms in total. The molecular weight excluding hydrogens is 248 g/mol. The molecule has 0 spiro atoms. The Morgan fingerprint density at radius 2 is 1.53 bits per heavy atom. The van der Waals surface area contributed by atoms with E-state index in [-0.39, 0.29) is 10.1 Å². The third-order valence-corrected chi connectivity index (χ3v) is 11.9. The maximum atomic E-state index is 6.84. The van der Waals surface area contributed by atoms with Crippen molar-refractivity contribution < 1.29 is 4.43 Å². The molecule has 112 valence electrons. The van der Waals surface area contributed by atoms with E-state index in [9.17, 15) is 0 Å². The van der Waals surface area contributed by atoms with Crippen LogP contribution in [0.5, 0.6) is 0 Å². The zero-order chi connectivity index (χ0) is 15.1. The van der Waals surface area contributed by atoms with Crippen molar-refractivity contribution in [3.05, 3.63) is 12.2 Å². The van der Waals surface area contributed by atoms with Crippen LogP contribution in [0.1, 0.15) is 68.7 Å². The molecule has 19 heavy (non-hydrogen) atoms. The molecule has 1 aliphatic rings. The van der Waals surface area contributed by atoms with Gasteiger partial charge in [-0.05, 0) is 34.9 Å². The van der Waals surface area contributed by atoms with Gasteiger partial charge >= 0.3 is 0 Å². The molecule has 0 unspecified atom stereocenters. The minimum atomic E-state index is -1.88. The lowest BCUT2D eigenvalue weighted by Crippen LogP contribution is -2.56. The van der Waals surface area contributed by atoms with Gasteiger partial charge in [-0.15, -0.1) is 0 Å². The minimum Gasteiger partial charge on any atom is -0.409 e. The van der Waals surface area contributed by atoms with E-state index in [2.05, 4.69) is 74.5 Å². The Hall–Kier alpha value is -0.0831. The third-order valence-electron chi connectivity index (χ3n) is 4.79. The van der Waals surface area contributed by atoms with Gasteiger partial charge in [0.15, 0.2) is 0 Å². The molecule has 1 aliphatic heterocycles. The standard InChI is InChI=1S/C17H34OSi/c1-10-11-14-12-15(13(2)3)19(18-14,16(4,5)6)17(7,8)9/h10-11,13-15H,12H2,1-9H3/b11-10+/t14-,15+/m1/s1. The summed E-state index contributed by atoms with van der Waals surface area (Å²) in [4.78, 5) is 0. The van der Waals surface area contributed by atoms with Gasteiger partial charge < -0.3 is 4.43 Å². The monoisotopic (exact) mass is 282 g/mol. The summed E-state index contributed by atoms with van der Waals surface area (Å²) in [5.41, 5.74) is 0.744. The fourth-order valence-corrected chi connectivity index (χ4v) is 12.0. The van der Waals surface area contributed by atoms with E-state index in [1.165, 1.54) is 6.42 Å². The van der Waals surface area contributed by atoms with E-state index < -0.39 is 8.32 Å². The molecule has 2 heteroatoms. The van der Waals surface area contributed by atoms with Gasteiger partial charge in [0.25, 0.3) is 0 Å². The molecule has 0 amide bonds. The van der Waals surface area contributed by atoms with Gasteiger partial charge in [-0.25, -0.2) is 0 Å². The van der Waals surface area contributed by atoms with Crippen molar-refractivity contribution in [2.75, 3.05) is 0 Å². The van der Waals surface area contributed by atoms with E-state index in [1.54, 1.807) is 0 Å². The SMILES string of the molecule is C/C=C/[C@@H]1C[C@@H](C(C)C)[Si](C(C)(C)C)(C(C)(C)C)O1. The summed E-state index contributed by atoms with van der Waals surface area (Å²) in [5.74, 6) is 0.709. The van der Waals surface area contributed by atoms with Crippen molar-refractivity contribution in [1.82, 2.24) is 0 Å². The van der Waals surface area contributed by atoms with Crippen LogP contribution in [0.15, 0.2) is 12.2 Å². The average molecular weight is 283 g/mol. The predicted molar refractivity (Wildman–Crippen MR) is 88.1 cm³/mol. The van der Waals surface area contributed by atoms with Crippen molar-refractivity contribution in [3.63, 3.8) is 0 Å². The highest BCUT2D eigenvalue weighted by molar-refractivity contribution is 6.81. The quantitative estimate of drug-likeness (QED) is 0.451. The molecule has 1 rings (SSSR count). The van der Waals surface area contributed by atoms with Crippen LogP contribution in [-0.2, 0) is 4.43 Å². The van der Waals surface area contributed by atoms with E-state index in [1.807, 2.05) is 0 Å². The molecule has 0 N–H and O–H groups in total. The molecule has 0 radical (unpaired) electrons. The first-order valence-corrected chi connectivity index (χ1v) is 9.76. The number of allylic oxidation sites excluding steroid dienone is 1. The summed E-state index contributed by atoms with van der Waals surface area (Å²) in [5, 5.41) is 0.549. The largest absolute Gasteiger partial charge is 0.409 e. The lowest BCUT2D eigenvalue weighted by atomic mass is 10.0. The molecule has 0 aromatic carbocycles. The number of hydrogen-bond donors (Lipinski definition) is 0. The maximum Gasteiger partial charge on any atom is 0.207 e. The first-order chi connectivity index (χ1) is 8.47. The van der Waals surface area contributed by atoms with E-state index in [0.29, 0.717) is 12.0 Å². The Morgan fingerprint density at radius 3 is 1.79 bits per heavy atom. The maximum absolute atomic E-state index is 6.84. The molecule has 0 saturated carbocycles. The second-order valence-corrected chi connectivity index (χ2v) is 14.0. The van der Waals surface area contributed by atoms with E-state index in [0.717, 1.165) is 5.54 Å². The Morgan fingerprint density at radius 1 is 1.05 bits per heavy atom. The first-order valence-electron chi connectivity index (χ1n) is 7.78. The summed E-state index contributed by atoms with van der Waals surface area (Å²) < 4.78 is 6.84. The highest BCUT2D eigenvalue weighted by Gasteiger charge is 2.64. The fraction of sp³-hybridized carbons (Fsp3) is 0.882. The Labute approximate surface area is 122 Å². The fourth-order valence-electron chi connectivity index (χ4n) is 4.46. The van der Waals surface area contributed by atoms with Gasteiger partial charge in [0.2, 0.25) is 8.32 Å². The van der Waals surface area contributed by atoms with Gasteiger partial charge in [-0.2, -0.15) is 0 Å². The third kappa shape index (κ3) is 2.85. The molecule has 0 bridgehead atoms. The predicted octanol–water partition coefficient (Wildman–Crippen LogP) is 5.92. The van der Waals surface area contributed by atoms with Crippen molar-refractivity contribution in [1.29, 1.82) is 0 Å². The van der Waals surface area contributed by atoms with Crippen LogP contribution in [-0.4, -0.2) is 14.4 Å². The van der Waals surface area contributed by atoms with E-state index >= 15 is 0 Å². The van der Waals surface area contributed by atoms with Crippen molar-refractivity contribution >= 4 is 8.32 Å². The van der Waals surface area contributed by atoms with Crippen molar-refractivity contribution in [3.8, 4) is 0 Å². The number of hydrogen-bond acceptors (Lipinski definition) is 1. The lowest BCUT2D eigenvalue weighted by molar-refractivity contribution is 0.240. The van der Waals surface area contributed by atoms with Gasteiger partial charge in [-0.1, -0.05) is 67.5 Å². The van der Waals surface area contributed by atoms with Crippen LogP contribution < -0.4 is 0 Å². The smallest absolute Gasteiger partial charge is 0.207 e. The lowest BCUT2D eigenvalue weighted by Gasteiger charge is -2.52. The first kappa shape index (κ1) is 17.0. The summed E-state index contributed by atoms with van der Waals surface area (Å²) >= 11 is 0. The highest BCUT2D eigenvalue weighted by Crippen LogP contribution is 2.63. The minimum absolute atomic E-state index is 0.274. The van der Waals surface area contributed by atoms with Crippen LogP contribution in [0.25, 0.3) is 0 Å². The second kappa shape index (κ2) is 5.36. The zero-order valence-electron chi connectivity index (χ0n) is 14.5. The Bertz CT molecular complexity index is 316. The van der Waals surface area contributed by atoms with Crippen LogP contribution in [0.4, 0.5) is 0 Å². The molecule has 2 atom stereocenters. The van der Waals surface area contributed by atoms with Gasteiger partial charge in [0.05, 0.1) is 6.10 Å². The number of rotatable bonds is 2.